The van der Waals surface area contributed by atoms with Crippen LogP contribution in [0.5, 0.6) is 0 Å². The highest BCUT2D eigenvalue weighted by Crippen LogP contribution is 2.30. The molecule has 0 N–H and O–H groups in total. The summed E-state index contributed by atoms with van der Waals surface area (Å²) >= 11 is 3.54. The smallest absolute Gasteiger partial charge is 0.168 e. The Kier molecular flexibility index (Phi) is 3.52. The molecule has 0 fully saturated rings. The lowest BCUT2D eigenvalue weighted by atomic mass is 9.95. The molecule has 23 heavy (non-hydrogen) atoms. The van der Waals surface area contributed by atoms with Gasteiger partial charge in [0.05, 0.1) is 11.1 Å². The zero-order chi connectivity index (χ0) is 17.2. The molecule has 0 aliphatic heterocycles. The first kappa shape index (κ1) is 16.3. The summed E-state index contributed by atoms with van der Waals surface area (Å²) in [6.07, 6.45) is 1.84. The van der Waals surface area contributed by atoms with E-state index in [0.29, 0.717) is 5.65 Å². The van der Waals surface area contributed by atoms with Gasteiger partial charge in [-0.3, -0.25) is 4.40 Å². The standard InChI is InChI=1S/C17H22BrN5/c1-9-11(18)20-13-10-8-19-14(16(2,3)4)21-12(10)22-15(23(9)13)17(5,6)7/h8H,1-7H3. The van der Waals surface area contributed by atoms with Crippen LogP contribution in [0, 0.1) is 6.92 Å². The van der Waals surface area contributed by atoms with Crippen molar-refractivity contribution in [3.05, 3.63) is 28.1 Å². The average molecular weight is 376 g/mol. The number of hydrogen-bond donors (Lipinski definition) is 0. The van der Waals surface area contributed by atoms with Gasteiger partial charge >= 0.3 is 0 Å². The third-order valence-corrected chi connectivity index (χ3v) is 4.58. The zero-order valence-corrected chi connectivity index (χ0v) is 16.3. The largest absolute Gasteiger partial charge is 0.283 e. The Labute approximate surface area is 144 Å². The lowest BCUT2D eigenvalue weighted by Gasteiger charge is -2.21. The first-order valence-corrected chi connectivity index (χ1v) is 8.51. The topological polar surface area (TPSA) is 56.0 Å². The van der Waals surface area contributed by atoms with Gasteiger partial charge in [-0.05, 0) is 22.9 Å². The van der Waals surface area contributed by atoms with Crippen molar-refractivity contribution in [1.82, 2.24) is 24.3 Å². The quantitative estimate of drug-likeness (QED) is 0.586. The van der Waals surface area contributed by atoms with Gasteiger partial charge in [0.25, 0.3) is 0 Å². The van der Waals surface area contributed by atoms with E-state index in [1.165, 1.54) is 0 Å². The van der Waals surface area contributed by atoms with E-state index in [1.54, 1.807) is 0 Å². The summed E-state index contributed by atoms with van der Waals surface area (Å²) in [5, 5.41) is 0.875. The average Bonchev–Trinajstić information content (AvgIpc) is 2.72. The van der Waals surface area contributed by atoms with Crippen LogP contribution in [0.4, 0.5) is 0 Å². The summed E-state index contributed by atoms with van der Waals surface area (Å²) in [5.41, 5.74) is 2.36. The lowest BCUT2D eigenvalue weighted by molar-refractivity contribution is 0.532. The van der Waals surface area contributed by atoms with Crippen molar-refractivity contribution < 1.29 is 0 Å². The Bertz CT molecular complexity index is 913. The summed E-state index contributed by atoms with van der Waals surface area (Å²) in [5.74, 6) is 1.75. The van der Waals surface area contributed by atoms with E-state index < -0.39 is 0 Å². The minimum atomic E-state index is -0.121. The van der Waals surface area contributed by atoms with Gasteiger partial charge in [0.1, 0.15) is 16.3 Å². The molecular weight excluding hydrogens is 354 g/mol. The molecule has 0 radical (unpaired) electrons. The van der Waals surface area contributed by atoms with Crippen molar-refractivity contribution in [1.29, 1.82) is 0 Å². The first-order chi connectivity index (χ1) is 10.5. The predicted octanol–water partition coefficient (Wildman–Crippen LogP) is 4.34. The molecule has 6 heteroatoms. The maximum Gasteiger partial charge on any atom is 0.168 e. The van der Waals surface area contributed by atoms with Crippen LogP contribution in [0.3, 0.4) is 0 Å². The molecule has 3 heterocycles. The Morgan fingerprint density at radius 3 is 2.17 bits per heavy atom. The van der Waals surface area contributed by atoms with Crippen molar-refractivity contribution in [2.45, 2.75) is 59.3 Å². The molecule has 122 valence electrons. The Hall–Kier alpha value is -1.56. The number of rotatable bonds is 0. The number of hydrogen-bond acceptors (Lipinski definition) is 4. The van der Waals surface area contributed by atoms with Crippen molar-refractivity contribution in [2.24, 2.45) is 0 Å². The fraction of sp³-hybridized carbons (Fsp3) is 0.529. The highest BCUT2D eigenvalue weighted by atomic mass is 79.9. The molecule has 0 bridgehead atoms. The molecule has 0 unspecified atom stereocenters. The third kappa shape index (κ3) is 2.63. The molecule has 0 atom stereocenters. The second kappa shape index (κ2) is 4.97. The Morgan fingerprint density at radius 2 is 1.61 bits per heavy atom. The van der Waals surface area contributed by atoms with Gasteiger partial charge in [-0.25, -0.2) is 19.9 Å². The number of aryl methyl sites for hydroxylation is 1. The molecule has 0 saturated heterocycles. The van der Waals surface area contributed by atoms with Gasteiger partial charge in [-0.2, -0.15) is 0 Å². The summed E-state index contributed by atoms with van der Waals surface area (Å²) in [6, 6.07) is 0. The van der Waals surface area contributed by atoms with E-state index in [1.807, 2.05) is 13.1 Å². The van der Waals surface area contributed by atoms with Gasteiger partial charge in [0.2, 0.25) is 0 Å². The van der Waals surface area contributed by atoms with Gasteiger partial charge in [0.15, 0.2) is 11.3 Å². The minimum Gasteiger partial charge on any atom is -0.283 e. The molecule has 0 aromatic carbocycles. The van der Waals surface area contributed by atoms with Crippen LogP contribution in [0.15, 0.2) is 10.8 Å². The Balaban J connectivity index is 2.48. The van der Waals surface area contributed by atoms with Gasteiger partial charge in [-0.15, -0.1) is 0 Å². The van der Waals surface area contributed by atoms with Crippen molar-refractivity contribution in [3.63, 3.8) is 0 Å². The van der Waals surface area contributed by atoms with Crippen LogP contribution in [0.1, 0.15) is 58.9 Å². The minimum absolute atomic E-state index is 0.115. The second-order valence-corrected chi connectivity index (χ2v) is 8.76. The number of halogens is 1. The van der Waals surface area contributed by atoms with E-state index in [2.05, 4.69) is 71.8 Å². The second-order valence-electron chi connectivity index (χ2n) is 8.01. The monoisotopic (exact) mass is 375 g/mol. The molecule has 5 nitrogen and oxygen atoms in total. The van der Waals surface area contributed by atoms with Crippen LogP contribution in [0.2, 0.25) is 0 Å². The normalized spacial score (nSPS) is 13.2. The molecule has 3 aromatic heterocycles. The lowest BCUT2D eigenvalue weighted by Crippen LogP contribution is -2.21. The van der Waals surface area contributed by atoms with Crippen molar-refractivity contribution in [2.75, 3.05) is 0 Å². The van der Waals surface area contributed by atoms with Gasteiger partial charge < -0.3 is 0 Å². The van der Waals surface area contributed by atoms with E-state index in [-0.39, 0.29) is 10.8 Å². The molecule has 0 saturated carbocycles. The van der Waals surface area contributed by atoms with Crippen molar-refractivity contribution >= 4 is 32.6 Å². The van der Waals surface area contributed by atoms with Crippen molar-refractivity contribution in [3.8, 4) is 0 Å². The van der Waals surface area contributed by atoms with Crippen LogP contribution >= 0.6 is 15.9 Å². The SMILES string of the molecule is Cc1c(Br)nc2c3cnc(C(C)(C)C)nc3nc(C(C)(C)C)n12. The highest BCUT2D eigenvalue weighted by molar-refractivity contribution is 9.10. The molecule has 0 spiro atoms. The summed E-state index contributed by atoms with van der Waals surface area (Å²) in [6.45, 7) is 14.8. The summed E-state index contributed by atoms with van der Waals surface area (Å²) in [7, 11) is 0. The molecule has 0 aliphatic carbocycles. The van der Waals surface area contributed by atoms with Crippen LogP contribution < -0.4 is 0 Å². The highest BCUT2D eigenvalue weighted by Gasteiger charge is 2.25. The van der Waals surface area contributed by atoms with Gasteiger partial charge in [-0.1, -0.05) is 41.5 Å². The molecule has 3 aromatic rings. The fourth-order valence-corrected chi connectivity index (χ4v) is 2.89. The molecule has 0 amide bonds. The summed E-state index contributed by atoms with van der Waals surface area (Å²) < 4.78 is 2.93. The van der Waals surface area contributed by atoms with E-state index in [4.69, 9.17) is 9.97 Å². The van der Waals surface area contributed by atoms with Crippen LogP contribution in [-0.2, 0) is 10.8 Å². The molecule has 0 aliphatic rings. The molecule has 3 rings (SSSR count). The first-order valence-electron chi connectivity index (χ1n) is 7.72. The number of nitrogens with zero attached hydrogens (tertiary/aromatic N) is 5. The number of aromatic nitrogens is 5. The van der Waals surface area contributed by atoms with Crippen LogP contribution in [0.25, 0.3) is 16.7 Å². The fourth-order valence-electron chi connectivity index (χ4n) is 2.55. The van der Waals surface area contributed by atoms with Crippen LogP contribution in [-0.4, -0.2) is 24.3 Å². The number of imidazole rings is 1. The van der Waals surface area contributed by atoms with E-state index >= 15 is 0 Å². The third-order valence-electron chi connectivity index (χ3n) is 3.82. The Morgan fingerprint density at radius 1 is 0.957 bits per heavy atom. The molecular formula is C17H22BrN5. The van der Waals surface area contributed by atoms with Gasteiger partial charge in [0, 0.05) is 17.0 Å². The maximum atomic E-state index is 4.87. The predicted molar refractivity (Wildman–Crippen MR) is 95.9 cm³/mol. The summed E-state index contributed by atoms with van der Waals surface area (Å²) in [4.78, 5) is 18.8. The maximum absolute atomic E-state index is 4.87. The zero-order valence-electron chi connectivity index (χ0n) is 14.7. The van der Waals surface area contributed by atoms with E-state index in [9.17, 15) is 0 Å². The number of fused-ring (bicyclic) bond motifs is 3. The van der Waals surface area contributed by atoms with E-state index in [0.717, 1.165) is 33.0 Å².